The molecule has 0 spiro atoms. The van der Waals surface area contributed by atoms with Gasteiger partial charge in [0.05, 0.1) is 17.1 Å². The van der Waals surface area contributed by atoms with Crippen LogP contribution >= 0.6 is 0 Å². The fourth-order valence-electron chi connectivity index (χ4n) is 2.99. The summed E-state index contributed by atoms with van der Waals surface area (Å²) < 4.78 is 1.93. The number of benzene rings is 1. The quantitative estimate of drug-likeness (QED) is 0.746. The number of para-hydroxylation sites is 1. The molecule has 1 aliphatic heterocycles. The first-order valence-corrected chi connectivity index (χ1v) is 7.92. The second-order valence-electron chi connectivity index (χ2n) is 5.94. The summed E-state index contributed by atoms with van der Waals surface area (Å²) in [5.41, 5.74) is 4.61. The van der Waals surface area contributed by atoms with Crippen molar-refractivity contribution in [2.24, 2.45) is 0 Å². The van der Waals surface area contributed by atoms with Crippen molar-refractivity contribution in [2.45, 2.75) is 26.4 Å². The molecule has 5 heteroatoms. The van der Waals surface area contributed by atoms with E-state index in [-0.39, 0.29) is 0 Å². The van der Waals surface area contributed by atoms with Crippen LogP contribution in [0, 0.1) is 6.92 Å². The van der Waals surface area contributed by atoms with E-state index in [0.717, 1.165) is 49.0 Å². The first-order chi connectivity index (χ1) is 11.3. The first kappa shape index (κ1) is 14.1. The van der Waals surface area contributed by atoms with Crippen molar-refractivity contribution < 1.29 is 0 Å². The minimum absolute atomic E-state index is 0.846. The number of aromatic nitrogens is 4. The van der Waals surface area contributed by atoms with Gasteiger partial charge >= 0.3 is 0 Å². The van der Waals surface area contributed by atoms with Gasteiger partial charge in [0.15, 0.2) is 0 Å². The molecule has 4 rings (SSSR count). The largest absolute Gasteiger partial charge is 0.291 e. The molecule has 2 aromatic heterocycles. The van der Waals surface area contributed by atoms with Crippen LogP contribution in [-0.2, 0) is 19.5 Å². The van der Waals surface area contributed by atoms with Crippen LogP contribution in [0.1, 0.15) is 22.8 Å². The zero-order valence-electron chi connectivity index (χ0n) is 13.2. The van der Waals surface area contributed by atoms with E-state index in [1.807, 2.05) is 42.2 Å². The Hall–Kier alpha value is -2.53. The summed E-state index contributed by atoms with van der Waals surface area (Å²) in [7, 11) is 0. The summed E-state index contributed by atoms with van der Waals surface area (Å²) >= 11 is 0. The summed E-state index contributed by atoms with van der Waals surface area (Å²) in [6, 6.07) is 12.3. The molecule has 3 heterocycles. The van der Waals surface area contributed by atoms with E-state index in [1.54, 1.807) is 0 Å². The Morgan fingerprint density at radius 1 is 1.13 bits per heavy atom. The second-order valence-corrected chi connectivity index (χ2v) is 5.94. The first-order valence-electron chi connectivity index (χ1n) is 7.92. The molecule has 0 saturated carbocycles. The summed E-state index contributed by atoms with van der Waals surface area (Å²) in [5.74, 6) is 0.846. The van der Waals surface area contributed by atoms with E-state index in [4.69, 9.17) is 5.10 Å². The average Bonchev–Trinajstić information content (AvgIpc) is 3.04. The van der Waals surface area contributed by atoms with Gasteiger partial charge in [-0.05, 0) is 37.1 Å². The van der Waals surface area contributed by atoms with Crippen LogP contribution in [0.15, 0.2) is 48.8 Å². The lowest BCUT2D eigenvalue weighted by molar-refractivity contribution is 0.237. The Kier molecular flexibility index (Phi) is 3.63. The molecule has 5 nitrogen and oxygen atoms in total. The molecule has 0 N–H and O–H groups in total. The van der Waals surface area contributed by atoms with Gasteiger partial charge in [0, 0.05) is 32.0 Å². The minimum atomic E-state index is 0.846. The molecule has 0 radical (unpaired) electrons. The van der Waals surface area contributed by atoms with Crippen molar-refractivity contribution >= 4 is 0 Å². The van der Waals surface area contributed by atoms with Gasteiger partial charge in [0.25, 0.3) is 0 Å². The number of hydrogen-bond donors (Lipinski definition) is 0. The molecule has 1 aliphatic rings. The lowest BCUT2D eigenvalue weighted by Crippen LogP contribution is -2.31. The third-order valence-corrected chi connectivity index (χ3v) is 4.20. The van der Waals surface area contributed by atoms with Crippen molar-refractivity contribution in [2.75, 3.05) is 6.54 Å². The smallest absolute Gasteiger partial charge is 0.125 e. The fraction of sp³-hybridized carbons (Fsp3) is 0.278. The Labute approximate surface area is 135 Å². The maximum absolute atomic E-state index is 4.69. The van der Waals surface area contributed by atoms with Gasteiger partial charge in [-0.3, -0.25) is 4.90 Å². The number of nitrogens with zero attached hydrogens (tertiary/aromatic N) is 5. The van der Waals surface area contributed by atoms with Crippen molar-refractivity contribution in [3.8, 4) is 5.69 Å². The lowest BCUT2D eigenvalue weighted by Gasteiger charge is -2.27. The predicted molar refractivity (Wildman–Crippen MR) is 88.2 cm³/mol. The standard InChI is InChI=1S/C18H19N5/c1-14-19-11-15-7-9-22(13-18(15)20-14)12-16-8-10-23(21-16)17-5-3-2-4-6-17/h2-6,8,10-11H,7,9,12-13H2,1H3. The van der Waals surface area contributed by atoms with Gasteiger partial charge in [-0.2, -0.15) is 5.10 Å². The fourth-order valence-corrected chi connectivity index (χ4v) is 2.99. The molecule has 1 aromatic carbocycles. The average molecular weight is 305 g/mol. The maximum atomic E-state index is 4.69. The summed E-state index contributed by atoms with van der Waals surface area (Å²) in [4.78, 5) is 11.3. The third-order valence-electron chi connectivity index (χ3n) is 4.20. The zero-order valence-corrected chi connectivity index (χ0v) is 13.2. The Morgan fingerprint density at radius 3 is 2.87 bits per heavy atom. The van der Waals surface area contributed by atoms with Crippen LogP contribution in [0.3, 0.4) is 0 Å². The van der Waals surface area contributed by atoms with Crippen LogP contribution in [0.4, 0.5) is 0 Å². The number of aryl methyl sites for hydroxylation is 1. The molecular formula is C18H19N5. The van der Waals surface area contributed by atoms with Gasteiger partial charge in [-0.25, -0.2) is 14.6 Å². The second kappa shape index (κ2) is 5.93. The van der Waals surface area contributed by atoms with E-state index in [2.05, 4.69) is 33.1 Å². The Bertz CT molecular complexity index is 809. The normalized spacial score (nSPS) is 14.7. The monoisotopic (exact) mass is 305 g/mol. The third kappa shape index (κ3) is 3.00. The minimum Gasteiger partial charge on any atom is -0.291 e. The van der Waals surface area contributed by atoms with Crippen LogP contribution in [-0.4, -0.2) is 31.2 Å². The molecule has 0 atom stereocenters. The van der Waals surface area contributed by atoms with Crippen LogP contribution in [0.5, 0.6) is 0 Å². The summed E-state index contributed by atoms with van der Waals surface area (Å²) in [6.07, 6.45) is 5.00. The molecule has 23 heavy (non-hydrogen) atoms. The van der Waals surface area contributed by atoms with Crippen LogP contribution in [0.25, 0.3) is 5.69 Å². The van der Waals surface area contributed by atoms with Gasteiger partial charge in [-0.1, -0.05) is 18.2 Å². The maximum Gasteiger partial charge on any atom is 0.125 e. The highest BCUT2D eigenvalue weighted by Crippen LogP contribution is 2.18. The van der Waals surface area contributed by atoms with Crippen molar-refractivity contribution in [1.82, 2.24) is 24.6 Å². The van der Waals surface area contributed by atoms with Crippen molar-refractivity contribution in [3.63, 3.8) is 0 Å². The molecule has 0 aliphatic carbocycles. The van der Waals surface area contributed by atoms with Gasteiger partial charge in [-0.15, -0.1) is 0 Å². The molecule has 0 fully saturated rings. The number of rotatable bonds is 3. The molecule has 3 aromatic rings. The van der Waals surface area contributed by atoms with E-state index in [1.165, 1.54) is 5.56 Å². The van der Waals surface area contributed by atoms with Crippen molar-refractivity contribution in [1.29, 1.82) is 0 Å². The van der Waals surface area contributed by atoms with E-state index in [9.17, 15) is 0 Å². The summed E-state index contributed by atoms with van der Waals surface area (Å²) in [6.45, 7) is 4.69. The van der Waals surface area contributed by atoms with Gasteiger partial charge in [0.1, 0.15) is 5.82 Å². The highest BCUT2D eigenvalue weighted by molar-refractivity contribution is 5.30. The van der Waals surface area contributed by atoms with Crippen molar-refractivity contribution in [3.05, 3.63) is 71.6 Å². The summed E-state index contributed by atoms with van der Waals surface area (Å²) in [5, 5.41) is 4.69. The molecule has 0 unspecified atom stereocenters. The van der Waals surface area contributed by atoms with Crippen LogP contribution in [0.2, 0.25) is 0 Å². The molecule has 0 amide bonds. The highest BCUT2D eigenvalue weighted by Gasteiger charge is 2.18. The Balaban J connectivity index is 1.48. The molecule has 0 saturated heterocycles. The predicted octanol–water partition coefficient (Wildman–Crippen LogP) is 2.53. The van der Waals surface area contributed by atoms with Gasteiger partial charge < -0.3 is 0 Å². The van der Waals surface area contributed by atoms with Gasteiger partial charge in [0.2, 0.25) is 0 Å². The Morgan fingerprint density at radius 2 is 2.00 bits per heavy atom. The zero-order chi connectivity index (χ0) is 15.6. The molecular weight excluding hydrogens is 286 g/mol. The topological polar surface area (TPSA) is 46.8 Å². The number of fused-ring (bicyclic) bond motifs is 1. The molecule has 116 valence electrons. The van der Waals surface area contributed by atoms with E-state index in [0.29, 0.717) is 0 Å². The van der Waals surface area contributed by atoms with Crippen LogP contribution < -0.4 is 0 Å². The SMILES string of the molecule is Cc1ncc2c(n1)CN(Cc1ccn(-c3ccccc3)n1)CC2. The highest BCUT2D eigenvalue weighted by atomic mass is 15.3. The van der Waals surface area contributed by atoms with E-state index < -0.39 is 0 Å². The lowest BCUT2D eigenvalue weighted by atomic mass is 10.1. The number of hydrogen-bond acceptors (Lipinski definition) is 4. The molecule has 0 bridgehead atoms. The van der Waals surface area contributed by atoms with E-state index >= 15 is 0 Å².